The topological polar surface area (TPSA) is 71.3 Å². The summed E-state index contributed by atoms with van der Waals surface area (Å²) in [6, 6.07) is 2.12. The molecule has 1 unspecified atom stereocenters. The molecule has 21 heavy (non-hydrogen) atoms. The van der Waals surface area contributed by atoms with E-state index in [0.717, 1.165) is 19.3 Å². The number of hydrogen-bond donors (Lipinski definition) is 2. The Balaban J connectivity index is 2.07. The van der Waals surface area contributed by atoms with Gasteiger partial charge in [-0.05, 0) is 41.6 Å². The van der Waals surface area contributed by atoms with Gasteiger partial charge < -0.3 is 9.73 Å². The molecule has 1 aromatic rings. The second-order valence-electron chi connectivity index (χ2n) is 5.52. The molecule has 0 aromatic carbocycles. The zero-order valence-electron chi connectivity index (χ0n) is 12.5. The van der Waals surface area contributed by atoms with Crippen LogP contribution in [0.3, 0.4) is 0 Å². The van der Waals surface area contributed by atoms with Gasteiger partial charge >= 0.3 is 0 Å². The van der Waals surface area contributed by atoms with E-state index in [9.17, 15) is 8.42 Å². The number of hydrogen-bond acceptors (Lipinski definition) is 4. The molecular formula is C14H23BrN2O3S. The van der Waals surface area contributed by atoms with Crippen LogP contribution < -0.4 is 10.0 Å². The maximum atomic E-state index is 12.4. The van der Waals surface area contributed by atoms with Gasteiger partial charge in [0.1, 0.15) is 10.7 Å². The van der Waals surface area contributed by atoms with Gasteiger partial charge in [0.25, 0.3) is 0 Å². The van der Waals surface area contributed by atoms with E-state index in [4.69, 9.17) is 4.42 Å². The first-order valence-corrected chi connectivity index (χ1v) is 9.77. The minimum Gasteiger partial charge on any atom is -0.452 e. The minimum absolute atomic E-state index is 0.0326. The largest absolute Gasteiger partial charge is 0.452 e. The van der Waals surface area contributed by atoms with Crippen molar-refractivity contribution in [3.05, 3.63) is 16.5 Å². The minimum atomic E-state index is -3.54. The van der Waals surface area contributed by atoms with Crippen LogP contribution in [0, 0.1) is 0 Å². The number of halogens is 1. The van der Waals surface area contributed by atoms with Crippen molar-refractivity contribution in [2.24, 2.45) is 0 Å². The smallest absolute Gasteiger partial charge is 0.245 e. The molecule has 120 valence electrons. The van der Waals surface area contributed by atoms with Crippen LogP contribution in [0.15, 0.2) is 20.0 Å². The van der Waals surface area contributed by atoms with Crippen molar-refractivity contribution in [1.29, 1.82) is 0 Å². The second-order valence-corrected chi connectivity index (χ2v) is 7.92. The highest BCUT2D eigenvalue weighted by Crippen LogP contribution is 2.27. The van der Waals surface area contributed by atoms with Crippen molar-refractivity contribution in [1.82, 2.24) is 10.0 Å². The molecule has 0 radical (unpaired) electrons. The number of furan rings is 1. The quantitative estimate of drug-likeness (QED) is 0.692. The van der Waals surface area contributed by atoms with Gasteiger partial charge in [-0.15, -0.1) is 0 Å². The van der Waals surface area contributed by atoms with Crippen LogP contribution in [-0.2, 0) is 16.6 Å². The third-order valence-corrected chi connectivity index (χ3v) is 5.97. The molecule has 1 saturated carbocycles. The summed E-state index contributed by atoms with van der Waals surface area (Å²) in [5.74, 6) is 0.637. The van der Waals surface area contributed by atoms with Gasteiger partial charge in [-0.1, -0.05) is 20.3 Å². The molecule has 0 amide bonds. The zero-order chi connectivity index (χ0) is 15.5. The third-order valence-electron chi connectivity index (χ3n) is 3.59. The van der Waals surface area contributed by atoms with Crippen molar-refractivity contribution in [2.45, 2.75) is 69.5 Å². The Hall–Kier alpha value is -0.370. The first-order valence-electron chi connectivity index (χ1n) is 7.50. The Morgan fingerprint density at radius 2 is 2.14 bits per heavy atom. The van der Waals surface area contributed by atoms with E-state index in [1.54, 1.807) is 6.07 Å². The van der Waals surface area contributed by atoms with E-state index in [1.807, 2.05) is 13.8 Å². The molecule has 0 saturated heterocycles. The Morgan fingerprint density at radius 3 is 2.71 bits per heavy atom. The summed E-state index contributed by atoms with van der Waals surface area (Å²) in [5.41, 5.74) is 0. The molecule has 0 bridgehead atoms. The first kappa shape index (κ1) is 17.0. The number of nitrogens with one attached hydrogen (secondary N) is 2. The molecule has 7 heteroatoms. The summed E-state index contributed by atoms with van der Waals surface area (Å²) in [7, 11) is -3.54. The lowest BCUT2D eigenvalue weighted by Gasteiger charge is -2.15. The predicted molar refractivity (Wildman–Crippen MR) is 85.6 cm³/mol. The highest BCUT2D eigenvalue weighted by atomic mass is 79.9. The average Bonchev–Trinajstić information content (AvgIpc) is 3.18. The average molecular weight is 379 g/mol. The maximum absolute atomic E-state index is 12.4. The highest BCUT2D eigenvalue weighted by molar-refractivity contribution is 9.10. The lowest BCUT2D eigenvalue weighted by atomic mass is 10.1. The van der Waals surface area contributed by atoms with Gasteiger partial charge in [-0.2, -0.15) is 0 Å². The first-order chi connectivity index (χ1) is 9.96. The van der Waals surface area contributed by atoms with Crippen LogP contribution in [-0.4, -0.2) is 20.5 Å². The van der Waals surface area contributed by atoms with Gasteiger partial charge in [0, 0.05) is 18.2 Å². The van der Waals surface area contributed by atoms with Crippen molar-refractivity contribution in [2.75, 3.05) is 0 Å². The fourth-order valence-electron chi connectivity index (χ4n) is 2.18. The Labute approximate surface area is 135 Å². The third kappa shape index (κ3) is 4.81. The highest BCUT2D eigenvalue weighted by Gasteiger charge is 2.26. The summed E-state index contributed by atoms with van der Waals surface area (Å²) >= 11 is 3.21. The Kier molecular flexibility index (Phi) is 5.88. The molecule has 1 aliphatic carbocycles. The van der Waals surface area contributed by atoms with Crippen molar-refractivity contribution in [3.8, 4) is 0 Å². The summed E-state index contributed by atoms with van der Waals surface area (Å²) in [6.07, 6.45) is 4.93. The summed E-state index contributed by atoms with van der Waals surface area (Å²) in [6.45, 7) is 4.59. The molecule has 5 nitrogen and oxygen atoms in total. The van der Waals surface area contributed by atoms with Crippen molar-refractivity contribution < 1.29 is 12.8 Å². The van der Waals surface area contributed by atoms with Gasteiger partial charge in [0.2, 0.25) is 10.0 Å². The van der Waals surface area contributed by atoms with Gasteiger partial charge in [0.15, 0.2) is 4.67 Å². The standard InChI is InChI=1S/C14H23BrN2O3S/c1-3-5-10(4-2)17-21(18,19)13-8-12(20-14(13)15)9-16-11-6-7-11/h8,10-11,16-17H,3-7,9H2,1-2H3. The fraction of sp³-hybridized carbons (Fsp3) is 0.714. The van der Waals surface area contributed by atoms with Crippen LogP contribution in [0.1, 0.15) is 51.7 Å². The summed E-state index contributed by atoms with van der Waals surface area (Å²) in [4.78, 5) is 0.185. The predicted octanol–water partition coefficient (Wildman–Crippen LogP) is 3.15. The van der Waals surface area contributed by atoms with E-state index in [1.165, 1.54) is 12.8 Å². The van der Waals surface area contributed by atoms with Crippen LogP contribution >= 0.6 is 15.9 Å². The molecule has 1 aromatic heterocycles. The van der Waals surface area contributed by atoms with E-state index in [-0.39, 0.29) is 15.6 Å². The van der Waals surface area contributed by atoms with Crippen LogP contribution in [0.5, 0.6) is 0 Å². The Bertz CT molecular complexity index is 567. The van der Waals surface area contributed by atoms with Gasteiger partial charge in [0.05, 0.1) is 6.54 Å². The molecule has 0 spiro atoms. The fourth-order valence-corrected chi connectivity index (χ4v) is 4.53. The molecule has 1 atom stereocenters. The van der Waals surface area contributed by atoms with E-state index in [2.05, 4.69) is 26.0 Å². The van der Waals surface area contributed by atoms with E-state index >= 15 is 0 Å². The lowest BCUT2D eigenvalue weighted by molar-refractivity contribution is 0.459. The van der Waals surface area contributed by atoms with Crippen LogP contribution in [0.4, 0.5) is 0 Å². The maximum Gasteiger partial charge on any atom is 0.245 e. The molecule has 1 heterocycles. The van der Waals surface area contributed by atoms with Crippen LogP contribution in [0.25, 0.3) is 0 Å². The van der Waals surface area contributed by atoms with E-state index in [0.29, 0.717) is 18.3 Å². The summed E-state index contributed by atoms with van der Waals surface area (Å²) < 4.78 is 33.4. The number of sulfonamides is 1. The molecule has 1 aliphatic rings. The molecule has 0 aliphatic heterocycles. The van der Waals surface area contributed by atoms with Crippen molar-refractivity contribution >= 4 is 26.0 Å². The molecule has 2 N–H and O–H groups in total. The monoisotopic (exact) mass is 378 g/mol. The lowest BCUT2D eigenvalue weighted by Crippen LogP contribution is -2.34. The normalized spacial score (nSPS) is 17.1. The summed E-state index contributed by atoms with van der Waals surface area (Å²) in [5, 5.41) is 3.31. The van der Waals surface area contributed by atoms with Gasteiger partial charge in [-0.3, -0.25) is 0 Å². The molecule has 2 rings (SSSR count). The molecular weight excluding hydrogens is 356 g/mol. The van der Waals surface area contributed by atoms with Crippen molar-refractivity contribution in [3.63, 3.8) is 0 Å². The molecule has 1 fully saturated rings. The second kappa shape index (κ2) is 7.26. The number of rotatable bonds is 9. The zero-order valence-corrected chi connectivity index (χ0v) is 14.9. The van der Waals surface area contributed by atoms with Gasteiger partial charge in [-0.25, -0.2) is 13.1 Å². The Morgan fingerprint density at radius 1 is 1.43 bits per heavy atom. The van der Waals surface area contributed by atoms with Crippen LogP contribution in [0.2, 0.25) is 0 Å². The SMILES string of the molecule is CCCC(CC)NS(=O)(=O)c1cc(CNC2CC2)oc1Br. The van der Waals surface area contributed by atoms with E-state index < -0.39 is 10.0 Å².